The number of carbonyl (C=O) groups is 1. The number of nitrogens with zero attached hydrogens (tertiary/aromatic N) is 1. The van der Waals surface area contributed by atoms with E-state index < -0.39 is 0 Å². The highest BCUT2D eigenvalue weighted by atomic mass is 79.9. The average Bonchev–Trinajstić information content (AvgIpc) is 2.01. The van der Waals surface area contributed by atoms with Crippen LogP contribution in [0.15, 0.2) is 22.7 Å². The molecule has 0 fully saturated rings. The minimum Gasteiger partial charge on any atom is -0.285 e. The van der Waals surface area contributed by atoms with E-state index in [1.807, 2.05) is 0 Å². The van der Waals surface area contributed by atoms with Crippen LogP contribution in [0.25, 0.3) is 0 Å². The van der Waals surface area contributed by atoms with Crippen molar-refractivity contribution in [3.63, 3.8) is 0 Å². The molecule has 0 saturated heterocycles. The maximum Gasteiger partial charge on any atom is 0.266 e. The van der Waals surface area contributed by atoms with Gasteiger partial charge in [0.25, 0.3) is 5.91 Å². The molecule has 0 atom stereocenters. The number of carbonyl (C=O) groups excluding carboxylic acids is 1. The van der Waals surface area contributed by atoms with E-state index in [0.717, 1.165) is 0 Å². The monoisotopic (exact) mass is 276 g/mol. The van der Waals surface area contributed by atoms with Gasteiger partial charge in [0.05, 0.1) is 5.56 Å². The summed E-state index contributed by atoms with van der Waals surface area (Å²) in [6.07, 6.45) is 0. The quantitative estimate of drug-likeness (QED) is 0.842. The third-order valence-electron chi connectivity index (χ3n) is 1.50. The van der Waals surface area contributed by atoms with Gasteiger partial charge in [-0.25, -0.2) is 5.01 Å². The Morgan fingerprint density at radius 3 is 2.64 bits per heavy atom. The Kier molecular flexibility index (Phi) is 3.92. The molecule has 1 N–H and O–H groups in total. The van der Waals surface area contributed by atoms with Gasteiger partial charge in [0.15, 0.2) is 0 Å². The van der Waals surface area contributed by atoms with E-state index in [2.05, 4.69) is 21.4 Å². The molecular weight excluding hydrogens is 267 g/mol. The number of hydrogen-bond acceptors (Lipinski definition) is 2. The standard InChI is InChI=1S/C9H10BrClN2O/c1-13(2)12-9(14)7-4-3-6(11)5-8(7)10/h3-5H,1-2H3,(H,12,14). The van der Waals surface area contributed by atoms with Crippen molar-refractivity contribution in [3.05, 3.63) is 33.3 Å². The van der Waals surface area contributed by atoms with Crippen LogP contribution in [0, 0.1) is 0 Å². The summed E-state index contributed by atoms with van der Waals surface area (Å²) in [5, 5.41) is 2.18. The Hall–Kier alpha value is -0.580. The molecule has 0 unspecified atom stereocenters. The minimum absolute atomic E-state index is 0.168. The fourth-order valence-corrected chi connectivity index (χ4v) is 1.80. The van der Waals surface area contributed by atoms with Gasteiger partial charge in [0.1, 0.15) is 0 Å². The second-order valence-corrected chi connectivity index (χ2v) is 4.25. The van der Waals surface area contributed by atoms with Crippen LogP contribution in [-0.4, -0.2) is 25.0 Å². The molecule has 0 aliphatic carbocycles. The Morgan fingerprint density at radius 2 is 2.14 bits per heavy atom. The van der Waals surface area contributed by atoms with Crippen LogP contribution in [0.1, 0.15) is 10.4 Å². The van der Waals surface area contributed by atoms with E-state index in [1.54, 1.807) is 37.3 Å². The van der Waals surface area contributed by atoms with Gasteiger partial charge in [-0.3, -0.25) is 10.2 Å². The van der Waals surface area contributed by atoms with Crippen LogP contribution in [0.4, 0.5) is 0 Å². The molecule has 1 rings (SSSR count). The number of hydrazine groups is 1. The molecule has 0 aliphatic heterocycles. The van der Waals surface area contributed by atoms with E-state index in [1.165, 1.54) is 0 Å². The third-order valence-corrected chi connectivity index (χ3v) is 2.39. The van der Waals surface area contributed by atoms with Gasteiger partial charge in [-0.1, -0.05) is 11.6 Å². The highest BCUT2D eigenvalue weighted by molar-refractivity contribution is 9.10. The van der Waals surface area contributed by atoms with E-state index in [9.17, 15) is 4.79 Å². The smallest absolute Gasteiger partial charge is 0.266 e. The molecule has 0 bridgehead atoms. The molecule has 1 aromatic carbocycles. The van der Waals surface area contributed by atoms with E-state index in [-0.39, 0.29) is 5.91 Å². The van der Waals surface area contributed by atoms with Crippen LogP contribution in [-0.2, 0) is 0 Å². The highest BCUT2D eigenvalue weighted by Crippen LogP contribution is 2.21. The first-order chi connectivity index (χ1) is 6.50. The predicted octanol–water partition coefficient (Wildman–Crippen LogP) is 2.31. The van der Waals surface area contributed by atoms with Crippen molar-refractivity contribution in [2.45, 2.75) is 0 Å². The van der Waals surface area contributed by atoms with E-state index in [0.29, 0.717) is 15.1 Å². The first-order valence-corrected chi connectivity index (χ1v) is 5.11. The first-order valence-electron chi connectivity index (χ1n) is 3.94. The molecule has 0 aromatic heterocycles. The molecule has 0 spiro atoms. The summed E-state index contributed by atoms with van der Waals surface area (Å²) in [7, 11) is 3.50. The van der Waals surface area contributed by atoms with Gasteiger partial charge < -0.3 is 0 Å². The summed E-state index contributed by atoms with van der Waals surface area (Å²) < 4.78 is 0.685. The van der Waals surface area contributed by atoms with Crippen molar-refractivity contribution >= 4 is 33.4 Å². The second-order valence-electron chi connectivity index (χ2n) is 2.96. The first kappa shape index (κ1) is 11.5. The molecule has 5 heteroatoms. The van der Waals surface area contributed by atoms with Crippen LogP contribution < -0.4 is 5.43 Å². The summed E-state index contributed by atoms with van der Waals surface area (Å²) >= 11 is 9.03. The third kappa shape index (κ3) is 2.97. The average molecular weight is 278 g/mol. The Morgan fingerprint density at radius 1 is 1.50 bits per heavy atom. The van der Waals surface area contributed by atoms with Gasteiger partial charge in [-0.15, -0.1) is 0 Å². The lowest BCUT2D eigenvalue weighted by Crippen LogP contribution is -2.36. The maximum atomic E-state index is 11.6. The molecule has 3 nitrogen and oxygen atoms in total. The number of nitrogens with one attached hydrogen (secondary N) is 1. The lowest BCUT2D eigenvalue weighted by Gasteiger charge is -2.12. The highest BCUT2D eigenvalue weighted by Gasteiger charge is 2.10. The van der Waals surface area contributed by atoms with Gasteiger partial charge in [0.2, 0.25) is 0 Å². The number of rotatable bonds is 2. The fraction of sp³-hybridized carbons (Fsp3) is 0.222. The molecule has 1 amide bonds. The zero-order valence-electron chi connectivity index (χ0n) is 7.84. The van der Waals surface area contributed by atoms with Gasteiger partial charge in [-0.05, 0) is 34.1 Å². The Labute approximate surface area is 96.1 Å². The zero-order valence-corrected chi connectivity index (χ0v) is 10.2. The normalized spacial score (nSPS) is 10.4. The van der Waals surface area contributed by atoms with Gasteiger partial charge in [0, 0.05) is 23.6 Å². The largest absolute Gasteiger partial charge is 0.285 e. The topological polar surface area (TPSA) is 32.3 Å². The lowest BCUT2D eigenvalue weighted by atomic mass is 10.2. The number of hydrogen-bond donors (Lipinski definition) is 1. The van der Waals surface area contributed by atoms with E-state index in [4.69, 9.17) is 11.6 Å². The molecule has 1 aromatic rings. The molecule has 0 heterocycles. The summed E-state index contributed by atoms with van der Waals surface area (Å²) in [6, 6.07) is 5.04. The van der Waals surface area contributed by atoms with Crippen molar-refractivity contribution in [3.8, 4) is 0 Å². The molecule has 0 aliphatic rings. The van der Waals surface area contributed by atoms with Crippen LogP contribution >= 0.6 is 27.5 Å². The SMILES string of the molecule is CN(C)NC(=O)c1ccc(Cl)cc1Br. The second kappa shape index (κ2) is 4.77. The summed E-state index contributed by atoms with van der Waals surface area (Å²) in [5.74, 6) is -0.168. The van der Waals surface area contributed by atoms with Crippen molar-refractivity contribution in [2.75, 3.05) is 14.1 Å². The number of halogens is 2. The Bertz CT molecular complexity index is 355. The van der Waals surface area contributed by atoms with Gasteiger partial charge >= 0.3 is 0 Å². The molecule has 0 saturated carbocycles. The van der Waals surface area contributed by atoms with Crippen molar-refractivity contribution in [1.82, 2.24) is 10.4 Å². The summed E-state index contributed by atoms with van der Waals surface area (Å²) in [5.41, 5.74) is 3.20. The van der Waals surface area contributed by atoms with Gasteiger partial charge in [-0.2, -0.15) is 0 Å². The van der Waals surface area contributed by atoms with Crippen LogP contribution in [0.3, 0.4) is 0 Å². The van der Waals surface area contributed by atoms with Crippen molar-refractivity contribution < 1.29 is 4.79 Å². The molecule has 76 valence electrons. The maximum absolute atomic E-state index is 11.6. The Balaban J connectivity index is 2.90. The molecular formula is C9H10BrClN2O. The van der Waals surface area contributed by atoms with Crippen molar-refractivity contribution in [1.29, 1.82) is 0 Å². The zero-order chi connectivity index (χ0) is 10.7. The molecule has 14 heavy (non-hydrogen) atoms. The van der Waals surface area contributed by atoms with Crippen molar-refractivity contribution in [2.24, 2.45) is 0 Å². The predicted molar refractivity (Wildman–Crippen MR) is 60.3 cm³/mol. The lowest BCUT2D eigenvalue weighted by molar-refractivity contribution is 0.0856. The number of amides is 1. The fourth-order valence-electron chi connectivity index (χ4n) is 0.937. The van der Waals surface area contributed by atoms with E-state index >= 15 is 0 Å². The van der Waals surface area contributed by atoms with Crippen LogP contribution in [0.5, 0.6) is 0 Å². The minimum atomic E-state index is -0.168. The summed E-state index contributed by atoms with van der Waals surface area (Å²) in [4.78, 5) is 11.6. The summed E-state index contributed by atoms with van der Waals surface area (Å²) in [6.45, 7) is 0. The number of benzene rings is 1. The molecule has 0 radical (unpaired) electrons. The van der Waals surface area contributed by atoms with Crippen LogP contribution in [0.2, 0.25) is 5.02 Å².